The molecule has 3 heterocycles. The van der Waals surface area contributed by atoms with Crippen LogP contribution < -0.4 is 15.5 Å². The average molecular weight is 561 g/mol. The number of nitrogens with zero attached hydrogens (tertiary/aromatic N) is 7. The second kappa shape index (κ2) is 13.1. The normalized spacial score (nSPS) is 14.6. The summed E-state index contributed by atoms with van der Waals surface area (Å²) in [4.78, 5) is 17.7. The standard InChI is InChI=1S/C23H31N9.HI/c1-24-22(25-12-8-20-4-6-21(7-5-20)32-14-3-11-29-32)26-13-15-30-16-18-31(19-17-30)23-27-9-2-10-28-23;/h2-7,9-11,14H,8,12-13,15-19H2,1H3,(H2,24,25,26);1H. The van der Waals surface area contributed by atoms with Crippen molar-refractivity contribution in [1.29, 1.82) is 0 Å². The third-order valence-electron chi connectivity index (χ3n) is 5.56. The molecule has 0 bridgehead atoms. The van der Waals surface area contributed by atoms with Crippen molar-refractivity contribution in [1.82, 2.24) is 35.3 Å². The first-order chi connectivity index (χ1) is 15.8. The minimum atomic E-state index is 0. The second-order valence-electron chi connectivity index (χ2n) is 7.67. The fourth-order valence-corrected chi connectivity index (χ4v) is 3.74. The fourth-order valence-electron chi connectivity index (χ4n) is 3.74. The predicted molar refractivity (Wildman–Crippen MR) is 143 cm³/mol. The number of aliphatic imine (C=N–C) groups is 1. The second-order valence-corrected chi connectivity index (χ2v) is 7.67. The summed E-state index contributed by atoms with van der Waals surface area (Å²) in [6.45, 7) is 6.61. The number of rotatable bonds is 8. The van der Waals surface area contributed by atoms with Gasteiger partial charge in [0.2, 0.25) is 5.95 Å². The maximum Gasteiger partial charge on any atom is 0.225 e. The Balaban J connectivity index is 0.00000306. The molecular formula is C23H32IN9. The first-order valence-corrected chi connectivity index (χ1v) is 11.1. The summed E-state index contributed by atoms with van der Waals surface area (Å²) in [6.07, 6.45) is 8.27. The summed E-state index contributed by atoms with van der Waals surface area (Å²) in [7, 11) is 1.81. The lowest BCUT2D eigenvalue weighted by molar-refractivity contribution is 0.260. The molecule has 1 saturated heterocycles. The molecular weight excluding hydrogens is 529 g/mol. The maximum absolute atomic E-state index is 4.35. The molecule has 0 unspecified atom stereocenters. The smallest absolute Gasteiger partial charge is 0.225 e. The number of guanidine groups is 1. The van der Waals surface area contributed by atoms with E-state index >= 15 is 0 Å². The molecule has 4 rings (SSSR count). The van der Waals surface area contributed by atoms with Gasteiger partial charge < -0.3 is 15.5 Å². The topological polar surface area (TPSA) is 86.5 Å². The Labute approximate surface area is 212 Å². The van der Waals surface area contributed by atoms with Crippen molar-refractivity contribution in [2.45, 2.75) is 6.42 Å². The van der Waals surface area contributed by atoms with E-state index in [0.717, 1.165) is 69.8 Å². The van der Waals surface area contributed by atoms with Crippen LogP contribution in [0.15, 0.2) is 66.2 Å². The molecule has 176 valence electrons. The molecule has 1 fully saturated rings. The summed E-state index contributed by atoms with van der Waals surface area (Å²) in [6, 6.07) is 12.3. The summed E-state index contributed by atoms with van der Waals surface area (Å²) in [5.74, 6) is 1.67. The molecule has 1 aliphatic rings. The largest absolute Gasteiger partial charge is 0.356 e. The summed E-state index contributed by atoms with van der Waals surface area (Å²) < 4.78 is 1.86. The Morgan fingerprint density at radius 3 is 2.33 bits per heavy atom. The molecule has 0 saturated carbocycles. The molecule has 33 heavy (non-hydrogen) atoms. The van der Waals surface area contributed by atoms with Gasteiger partial charge >= 0.3 is 0 Å². The molecule has 2 aromatic heterocycles. The molecule has 0 spiro atoms. The molecule has 3 aromatic rings. The van der Waals surface area contributed by atoms with E-state index in [4.69, 9.17) is 0 Å². The zero-order chi connectivity index (χ0) is 22.0. The van der Waals surface area contributed by atoms with Crippen molar-refractivity contribution in [2.24, 2.45) is 4.99 Å². The number of hydrogen-bond donors (Lipinski definition) is 2. The lowest BCUT2D eigenvalue weighted by Gasteiger charge is -2.34. The number of piperazine rings is 1. The molecule has 10 heteroatoms. The van der Waals surface area contributed by atoms with Crippen molar-refractivity contribution in [3.8, 4) is 5.69 Å². The van der Waals surface area contributed by atoms with Gasteiger partial charge in [0.25, 0.3) is 0 Å². The molecule has 1 aliphatic heterocycles. The average Bonchev–Trinajstić information content (AvgIpc) is 3.39. The number of aromatic nitrogens is 4. The molecule has 0 aliphatic carbocycles. The van der Waals surface area contributed by atoms with E-state index in [0.29, 0.717) is 0 Å². The van der Waals surface area contributed by atoms with Crippen LogP contribution in [0.4, 0.5) is 5.95 Å². The molecule has 2 N–H and O–H groups in total. The van der Waals surface area contributed by atoms with E-state index in [-0.39, 0.29) is 24.0 Å². The van der Waals surface area contributed by atoms with Crippen LogP contribution in [0.2, 0.25) is 0 Å². The van der Waals surface area contributed by atoms with Gasteiger partial charge in [-0.05, 0) is 36.2 Å². The summed E-state index contributed by atoms with van der Waals surface area (Å²) >= 11 is 0. The molecule has 0 amide bonds. The number of anilines is 1. The first-order valence-electron chi connectivity index (χ1n) is 11.1. The van der Waals surface area contributed by atoms with Gasteiger partial charge in [0.15, 0.2) is 5.96 Å². The highest BCUT2D eigenvalue weighted by atomic mass is 127. The van der Waals surface area contributed by atoms with Gasteiger partial charge in [-0.25, -0.2) is 14.6 Å². The Kier molecular flexibility index (Phi) is 9.88. The van der Waals surface area contributed by atoms with Gasteiger partial charge in [-0.15, -0.1) is 24.0 Å². The number of nitrogens with one attached hydrogen (secondary N) is 2. The van der Waals surface area contributed by atoms with Crippen LogP contribution in [0.25, 0.3) is 5.69 Å². The zero-order valence-electron chi connectivity index (χ0n) is 19.0. The van der Waals surface area contributed by atoms with Crippen molar-refractivity contribution in [3.05, 3.63) is 66.7 Å². The zero-order valence-corrected chi connectivity index (χ0v) is 21.3. The van der Waals surface area contributed by atoms with Crippen LogP contribution in [0.1, 0.15) is 5.56 Å². The predicted octanol–water partition coefficient (Wildman–Crippen LogP) is 1.81. The number of halogens is 1. The van der Waals surface area contributed by atoms with Crippen molar-refractivity contribution in [3.63, 3.8) is 0 Å². The maximum atomic E-state index is 4.35. The van der Waals surface area contributed by atoms with Crippen LogP contribution in [0.5, 0.6) is 0 Å². The van der Waals surface area contributed by atoms with Crippen molar-refractivity contribution >= 4 is 35.9 Å². The van der Waals surface area contributed by atoms with Gasteiger partial charge in [-0.2, -0.15) is 5.10 Å². The van der Waals surface area contributed by atoms with E-state index in [9.17, 15) is 0 Å². The van der Waals surface area contributed by atoms with E-state index in [2.05, 4.69) is 64.8 Å². The van der Waals surface area contributed by atoms with Gasteiger partial charge in [-0.3, -0.25) is 9.89 Å². The molecule has 0 atom stereocenters. The molecule has 9 nitrogen and oxygen atoms in total. The van der Waals surface area contributed by atoms with Crippen LogP contribution in [-0.2, 0) is 6.42 Å². The van der Waals surface area contributed by atoms with Crippen molar-refractivity contribution < 1.29 is 0 Å². The fraction of sp³-hybridized carbons (Fsp3) is 0.391. The van der Waals surface area contributed by atoms with E-state index in [1.165, 1.54) is 5.56 Å². The van der Waals surface area contributed by atoms with Gasteiger partial charge in [-0.1, -0.05) is 12.1 Å². The Morgan fingerprint density at radius 1 is 0.939 bits per heavy atom. The highest BCUT2D eigenvalue weighted by molar-refractivity contribution is 14.0. The SMILES string of the molecule is CN=C(NCCc1ccc(-n2cccn2)cc1)NCCN1CCN(c2ncccn2)CC1.I. The quantitative estimate of drug-likeness (QED) is 0.247. The Hall–Kier alpha value is -2.73. The number of hydrogen-bond acceptors (Lipinski definition) is 6. The van der Waals surface area contributed by atoms with E-state index in [1.807, 2.05) is 30.1 Å². The van der Waals surface area contributed by atoms with Gasteiger partial charge in [0.1, 0.15) is 0 Å². The minimum Gasteiger partial charge on any atom is -0.356 e. The Bertz CT molecular complexity index is 953. The summed E-state index contributed by atoms with van der Waals surface area (Å²) in [5.41, 5.74) is 2.35. The number of benzene rings is 1. The lowest BCUT2D eigenvalue weighted by Crippen LogP contribution is -2.49. The monoisotopic (exact) mass is 561 g/mol. The van der Waals surface area contributed by atoms with Crippen molar-refractivity contribution in [2.75, 3.05) is 57.8 Å². The van der Waals surface area contributed by atoms with E-state index in [1.54, 1.807) is 18.6 Å². The summed E-state index contributed by atoms with van der Waals surface area (Å²) in [5, 5.41) is 11.1. The molecule has 0 radical (unpaired) electrons. The minimum absolute atomic E-state index is 0. The highest BCUT2D eigenvalue weighted by Gasteiger charge is 2.18. The van der Waals surface area contributed by atoms with Gasteiger partial charge in [0, 0.05) is 77.6 Å². The van der Waals surface area contributed by atoms with E-state index < -0.39 is 0 Å². The van der Waals surface area contributed by atoms with Crippen LogP contribution in [0.3, 0.4) is 0 Å². The van der Waals surface area contributed by atoms with Crippen LogP contribution in [-0.4, -0.2) is 83.5 Å². The third kappa shape index (κ3) is 7.39. The van der Waals surface area contributed by atoms with Crippen LogP contribution >= 0.6 is 24.0 Å². The molecule has 1 aromatic carbocycles. The van der Waals surface area contributed by atoms with Gasteiger partial charge in [0.05, 0.1) is 5.69 Å². The van der Waals surface area contributed by atoms with Crippen LogP contribution in [0, 0.1) is 0 Å². The Morgan fingerprint density at radius 2 is 1.67 bits per heavy atom. The third-order valence-corrected chi connectivity index (χ3v) is 5.56. The highest BCUT2D eigenvalue weighted by Crippen LogP contribution is 2.10. The lowest BCUT2D eigenvalue weighted by atomic mass is 10.1. The first kappa shape index (κ1) is 24.9.